The fourth-order valence-electron chi connectivity index (χ4n) is 5.08. The zero-order valence-corrected chi connectivity index (χ0v) is 26.2. The first-order valence-corrected chi connectivity index (χ1v) is 15.1. The van der Waals surface area contributed by atoms with Gasteiger partial charge in [0, 0.05) is 17.5 Å². The largest absolute Gasteiger partial charge is 0.493 e. The van der Waals surface area contributed by atoms with Crippen LogP contribution < -0.4 is 15.1 Å². The Morgan fingerprint density at radius 2 is 1.52 bits per heavy atom. The maximum Gasteiger partial charge on any atom is 0.336 e. The number of rotatable bonds is 13. The normalized spacial score (nSPS) is 32.5. The van der Waals surface area contributed by atoms with Crippen molar-refractivity contribution in [3.63, 3.8) is 0 Å². The lowest BCUT2D eigenvalue weighted by Gasteiger charge is -2.42. The third-order valence-corrected chi connectivity index (χ3v) is 7.98. The van der Waals surface area contributed by atoms with Crippen LogP contribution in [0.5, 0.6) is 11.5 Å². The summed E-state index contributed by atoms with van der Waals surface area (Å²) in [5.41, 5.74) is 1.87. The van der Waals surface area contributed by atoms with Gasteiger partial charge in [0.2, 0.25) is 0 Å². The predicted molar refractivity (Wildman–Crippen MR) is 162 cm³/mol. The lowest BCUT2D eigenvalue weighted by atomic mass is 9.98. The van der Waals surface area contributed by atoms with Crippen LogP contribution in [0, 0.1) is 0 Å². The van der Waals surface area contributed by atoms with Crippen molar-refractivity contribution in [2.45, 2.75) is 95.0 Å². The molecule has 0 aliphatic carbocycles. The van der Waals surface area contributed by atoms with Gasteiger partial charge < -0.3 is 63.5 Å². The number of benzene rings is 1. The predicted octanol–water partition coefficient (Wildman–Crippen LogP) is 0.521. The van der Waals surface area contributed by atoms with Crippen LogP contribution in [0.1, 0.15) is 33.6 Å². The molecular weight excluding hydrogens is 608 g/mol. The fraction of sp³-hybridized carbons (Fsp3) is 0.594. The Morgan fingerprint density at radius 1 is 0.826 bits per heavy atom. The number of methoxy groups -OCH3 is 1. The third-order valence-electron chi connectivity index (χ3n) is 7.98. The molecule has 14 heteroatoms. The number of hydrogen-bond acceptors (Lipinski definition) is 14. The van der Waals surface area contributed by atoms with E-state index in [9.17, 15) is 35.4 Å². The van der Waals surface area contributed by atoms with Crippen molar-refractivity contribution in [1.82, 2.24) is 0 Å². The molecule has 0 saturated carbocycles. The van der Waals surface area contributed by atoms with Crippen molar-refractivity contribution in [3.8, 4) is 11.5 Å². The van der Waals surface area contributed by atoms with Crippen molar-refractivity contribution in [2.24, 2.45) is 0 Å². The molecule has 2 saturated heterocycles. The van der Waals surface area contributed by atoms with Gasteiger partial charge in [-0.2, -0.15) is 0 Å². The van der Waals surface area contributed by atoms with Gasteiger partial charge in [0.15, 0.2) is 24.1 Å². The number of fused-ring (bicyclic) bond motifs is 1. The van der Waals surface area contributed by atoms with Gasteiger partial charge in [-0.1, -0.05) is 17.2 Å². The molecule has 0 unspecified atom stereocenters. The molecule has 10 atom stereocenters. The molecule has 0 radical (unpaired) electrons. The van der Waals surface area contributed by atoms with Crippen LogP contribution in [0.3, 0.4) is 0 Å². The summed E-state index contributed by atoms with van der Waals surface area (Å²) in [6.07, 6.45) is -8.23. The second kappa shape index (κ2) is 16.3. The van der Waals surface area contributed by atoms with Gasteiger partial charge in [-0.15, -0.1) is 0 Å². The van der Waals surface area contributed by atoms with Crippen molar-refractivity contribution >= 4 is 11.0 Å². The van der Waals surface area contributed by atoms with Crippen LogP contribution >= 0.6 is 0 Å². The number of hydrogen-bond donors (Lipinski definition) is 6. The summed E-state index contributed by atoms with van der Waals surface area (Å²) < 4.78 is 38.7. The summed E-state index contributed by atoms with van der Waals surface area (Å²) in [6.45, 7) is 5.31. The van der Waals surface area contributed by atoms with Gasteiger partial charge in [0.05, 0.1) is 26.4 Å². The average molecular weight is 653 g/mol. The highest BCUT2D eigenvalue weighted by atomic mass is 16.7. The Balaban J connectivity index is 1.23. The second-order valence-electron chi connectivity index (χ2n) is 11.6. The Morgan fingerprint density at radius 3 is 2.24 bits per heavy atom. The minimum absolute atomic E-state index is 0.0773. The highest BCUT2D eigenvalue weighted by Crippen LogP contribution is 2.32. The van der Waals surface area contributed by atoms with E-state index < -0.39 is 67.0 Å². The van der Waals surface area contributed by atoms with E-state index >= 15 is 0 Å². The SMILES string of the molecule is COc1cc2ccc(=O)oc2cc1OC/C=C(\C)CC/C=C(/C)CO[C@@H]1O[C@H](CO[C@@H]2O[C@@H](C)[C@H](O)[C@H](O)[C@H]2O)[C@@H](O)[C@H](O)[C@@H]1O. The summed E-state index contributed by atoms with van der Waals surface area (Å²) in [6, 6.07) is 6.37. The molecule has 6 N–H and O–H groups in total. The zero-order valence-electron chi connectivity index (χ0n) is 26.2. The van der Waals surface area contributed by atoms with Crippen molar-refractivity contribution in [3.05, 3.63) is 58.0 Å². The summed E-state index contributed by atoms with van der Waals surface area (Å²) in [5.74, 6) is 0.971. The van der Waals surface area contributed by atoms with Gasteiger partial charge in [0.25, 0.3) is 0 Å². The van der Waals surface area contributed by atoms with Gasteiger partial charge in [-0.3, -0.25) is 0 Å². The molecule has 4 rings (SSSR count). The molecule has 1 aromatic heterocycles. The van der Waals surface area contributed by atoms with E-state index in [1.807, 2.05) is 26.0 Å². The summed E-state index contributed by atoms with van der Waals surface area (Å²) in [5, 5.41) is 61.9. The average Bonchev–Trinajstić information content (AvgIpc) is 3.03. The zero-order chi connectivity index (χ0) is 33.5. The number of aliphatic hydroxyl groups excluding tert-OH is 6. The highest BCUT2D eigenvalue weighted by Gasteiger charge is 2.46. The Labute approximate surface area is 266 Å². The topological polar surface area (TPSA) is 207 Å². The van der Waals surface area contributed by atoms with Crippen LogP contribution in [0.4, 0.5) is 0 Å². The Bertz CT molecular complexity index is 1400. The molecule has 1 aromatic carbocycles. The number of aliphatic hydroxyl groups is 6. The van der Waals surface area contributed by atoms with Crippen LogP contribution in [-0.4, -0.2) is 119 Å². The minimum atomic E-state index is -1.59. The van der Waals surface area contributed by atoms with E-state index in [1.165, 1.54) is 20.1 Å². The molecule has 0 amide bonds. The maximum atomic E-state index is 11.6. The van der Waals surface area contributed by atoms with E-state index in [2.05, 4.69) is 0 Å². The van der Waals surface area contributed by atoms with Crippen molar-refractivity contribution < 1.29 is 63.5 Å². The fourth-order valence-corrected chi connectivity index (χ4v) is 5.08. The molecule has 14 nitrogen and oxygen atoms in total. The second-order valence-corrected chi connectivity index (χ2v) is 11.6. The number of ether oxygens (including phenoxy) is 6. The molecule has 0 spiro atoms. The first kappa shape index (κ1) is 36.0. The molecule has 3 heterocycles. The Kier molecular flexibility index (Phi) is 12.7. The molecule has 2 fully saturated rings. The molecule has 256 valence electrons. The standard InChI is InChI=1S/C32H44O14/c1-16(10-11-41-22-13-20-19(12-21(22)40-4)8-9-24(33)45-20)6-5-7-17(2)14-42-32-30(39)28(37)26(35)23(46-32)15-43-31-29(38)27(36)25(34)18(3)44-31/h7-10,12-13,18,23,25-32,34-39H,5-6,11,14-15H2,1-4H3/b16-10+,17-7-/t18-,23+,25-,26+,27-,28-,29+,30-,31+,32+/m0/s1. The molecule has 2 aromatic rings. The lowest BCUT2D eigenvalue weighted by Crippen LogP contribution is -2.61. The number of allylic oxidation sites excluding steroid dienone is 2. The van der Waals surface area contributed by atoms with Crippen LogP contribution in [0.15, 0.2) is 56.8 Å². The van der Waals surface area contributed by atoms with Crippen LogP contribution in [0.2, 0.25) is 0 Å². The quantitative estimate of drug-likeness (QED) is 0.129. The van der Waals surface area contributed by atoms with E-state index in [4.69, 9.17) is 32.8 Å². The third kappa shape index (κ3) is 8.92. The van der Waals surface area contributed by atoms with E-state index in [0.717, 1.165) is 23.0 Å². The first-order valence-electron chi connectivity index (χ1n) is 15.1. The summed E-state index contributed by atoms with van der Waals surface area (Å²) >= 11 is 0. The van der Waals surface area contributed by atoms with Crippen LogP contribution in [-0.2, 0) is 18.9 Å². The van der Waals surface area contributed by atoms with Crippen molar-refractivity contribution in [1.29, 1.82) is 0 Å². The van der Waals surface area contributed by atoms with E-state index in [1.54, 1.807) is 18.2 Å². The van der Waals surface area contributed by atoms with Crippen molar-refractivity contribution in [2.75, 3.05) is 26.9 Å². The van der Waals surface area contributed by atoms with E-state index in [-0.39, 0.29) is 19.8 Å². The monoisotopic (exact) mass is 652 g/mol. The summed E-state index contributed by atoms with van der Waals surface area (Å²) in [4.78, 5) is 11.6. The van der Waals surface area contributed by atoms with Crippen LogP contribution in [0.25, 0.3) is 11.0 Å². The molecule has 2 aliphatic rings. The first-order chi connectivity index (χ1) is 21.9. The Hall–Kier alpha value is -2.89. The van der Waals surface area contributed by atoms with Gasteiger partial charge in [0.1, 0.15) is 54.9 Å². The van der Waals surface area contributed by atoms with Gasteiger partial charge in [-0.25, -0.2) is 4.79 Å². The van der Waals surface area contributed by atoms with Gasteiger partial charge in [-0.05, 0) is 51.8 Å². The van der Waals surface area contributed by atoms with Gasteiger partial charge >= 0.3 is 5.63 Å². The highest BCUT2D eigenvalue weighted by molar-refractivity contribution is 5.80. The lowest BCUT2D eigenvalue weighted by molar-refractivity contribution is -0.327. The maximum absolute atomic E-state index is 11.6. The molecule has 0 bridgehead atoms. The molecule has 46 heavy (non-hydrogen) atoms. The minimum Gasteiger partial charge on any atom is -0.493 e. The summed E-state index contributed by atoms with van der Waals surface area (Å²) in [7, 11) is 1.53. The molecule has 2 aliphatic heterocycles. The molecular formula is C32H44O14. The smallest absolute Gasteiger partial charge is 0.336 e. The van der Waals surface area contributed by atoms with E-state index in [0.29, 0.717) is 23.5 Å².